The Morgan fingerprint density at radius 1 is 1.41 bits per heavy atom. The van der Waals surface area contributed by atoms with Gasteiger partial charge in [0, 0.05) is 11.8 Å². The van der Waals surface area contributed by atoms with Gasteiger partial charge in [0.05, 0.1) is 18.1 Å². The van der Waals surface area contributed by atoms with Gasteiger partial charge in [0.15, 0.2) is 0 Å². The summed E-state index contributed by atoms with van der Waals surface area (Å²) in [5, 5.41) is 17.6. The highest BCUT2D eigenvalue weighted by atomic mass is 19.4. The maximum atomic E-state index is 12.4. The fourth-order valence-electron chi connectivity index (χ4n) is 1.22. The quantitative estimate of drug-likeness (QED) is 0.823. The molecule has 0 radical (unpaired) electrons. The lowest BCUT2D eigenvalue weighted by molar-refractivity contribution is -0.138. The molecule has 1 N–H and O–H groups in total. The van der Waals surface area contributed by atoms with E-state index in [1.165, 1.54) is 6.07 Å². The summed E-state index contributed by atoms with van der Waals surface area (Å²) in [6, 6.07) is 1.37. The van der Waals surface area contributed by atoms with Crippen molar-refractivity contribution in [1.82, 2.24) is 4.98 Å². The predicted octanol–water partition coefficient (Wildman–Crippen LogP) is 2.81. The molecular weight excluding hydrogens is 247 g/mol. The second-order valence-corrected chi connectivity index (χ2v) is 3.02. The molecule has 0 atom stereocenters. The molecule has 8 heteroatoms. The van der Waals surface area contributed by atoms with E-state index in [0.29, 0.717) is 0 Å². The molecule has 0 fully saturated rings. The third-order valence-corrected chi connectivity index (χ3v) is 1.95. The van der Waals surface area contributed by atoms with Crippen LogP contribution in [0.2, 0.25) is 0 Å². The lowest BCUT2D eigenvalue weighted by atomic mass is 10.0. The fourth-order valence-corrected chi connectivity index (χ4v) is 1.22. The minimum absolute atomic E-state index is 0.188. The first-order valence-corrected chi connectivity index (χ1v) is 4.22. The summed E-state index contributed by atoms with van der Waals surface area (Å²) in [6.45, 7) is 0. The molecule has 0 aliphatic carbocycles. The highest BCUT2D eigenvalue weighted by Gasteiger charge is 2.36. The Balaban J connectivity index is 3.46. The van der Waals surface area contributed by atoms with E-state index in [1.54, 1.807) is 0 Å². The molecule has 1 heterocycles. The smallest absolute Gasteiger partial charge is 0.418 e. The van der Waals surface area contributed by atoms with Crippen molar-refractivity contribution in [3.05, 3.63) is 23.0 Å². The molecule has 1 aromatic rings. The van der Waals surface area contributed by atoms with Crippen LogP contribution >= 0.6 is 0 Å². The van der Waals surface area contributed by atoms with Gasteiger partial charge in [0.2, 0.25) is 0 Å². The van der Waals surface area contributed by atoms with E-state index in [1.807, 2.05) is 0 Å². The van der Waals surface area contributed by atoms with Crippen LogP contribution in [-0.2, 0) is 12.6 Å². The number of aromatic nitrogens is 1. The van der Waals surface area contributed by atoms with Gasteiger partial charge in [-0.25, -0.2) is 8.78 Å². The number of nitriles is 1. The van der Waals surface area contributed by atoms with Crippen LogP contribution in [-0.4, -0.2) is 10.1 Å². The molecule has 0 saturated carbocycles. The van der Waals surface area contributed by atoms with Crippen LogP contribution in [0, 0.1) is 11.3 Å². The number of halogens is 5. The number of rotatable bonds is 2. The molecule has 0 aromatic carbocycles. The number of pyridine rings is 1. The van der Waals surface area contributed by atoms with Gasteiger partial charge in [0.1, 0.15) is 11.4 Å². The van der Waals surface area contributed by atoms with Crippen molar-refractivity contribution < 1.29 is 27.1 Å². The molecule has 0 saturated heterocycles. The largest absolute Gasteiger partial charge is 0.505 e. The SMILES string of the molecule is N#CCc1c(C(F)(F)F)cnc(C(F)F)c1O. The average molecular weight is 252 g/mol. The van der Waals surface area contributed by atoms with Gasteiger partial charge < -0.3 is 5.11 Å². The predicted molar refractivity (Wildman–Crippen MR) is 45.2 cm³/mol. The average Bonchev–Trinajstić information content (AvgIpc) is 2.18. The number of aromatic hydroxyl groups is 1. The lowest BCUT2D eigenvalue weighted by Gasteiger charge is -2.13. The van der Waals surface area contributed by atoms with Crippen molar-refractivity contribution in [1.29, 1.82) is 5.26 Å². The minimum Gasteiger partial charge on any atom is -0.505 e. The fraction of sp³-hybridized carbons (Fsp3) is 0.333. The number of hydrogen-bond donors (Lipinski definition) is 1. The summed E-state index contributed by atoms with van der Waals surface area (Å²) in [5.41, 5.74) is -3.44. The first-order valence-electron chi connectivity index (χ1n) is 4.22. The van der Waals surface area contributed by atoms with Crippen LogP contribution in [0.4, 0.5) is 22.0 Å². The van der Waals surface area contributed by atoms with E-state index in [0.717, 1.165) is 0 Å². The Morgan fingerprint density at radius 3 is 2.41 bits per heavy atom. The van der Waals surface area contributed by atoms with Gasteiger partial charge in [-0.1, -0.05) is 0 Å². The third kappa shape index (κ3) is 2.61. The van der Waals surface area contributed by atoms with Crippen molar-refractivity contribution >= 4 is 0 Å². The molecule has 0 aliphatic rings. The maximum Gasteiger partial charge on any atom is 0.418 e. The molecule has 92 valence electrons. The summed E-state index contributed by atoms with van der Waals surface area (Å²) in [6.07, 6.45) is -8.72. The van der Waals surface area contributed by atoms with E-state index in [9.17, 15) is 27.1 Å². The zero-order chi connectivity index (χ0) is 13.2. The second kappa shape index (κ2) is 4.53. The van der Waals surface area contributed by atoms with Gasteiger partial charge in [-0.05, 0) is 0 Å². The number of nitrogens with zero attached hydrogens (tertiary/aromatic N) is 2. The Hall–Kier alpha value is -1.91. The standard InChI is InChI=1S/C9H5F5N2O/c10-8(11)6-7(17)4(1-2-15)5(3-16-6)9(12,13)14/h3,8,17H,1H2. The second-order valence-electron chi connectivity index (χ2n) is 3.02. The van der Waals surface area contributed by atoms with Crippen LogP contribution in [0.1, 0.15) is 23.2 Å². The van der Waals surface area contributed by atoms with Crippen LogP contribution in [0.15, 0.2) is 6.20 Å². The van der Waals surface area contributed by atoms with E-state index in [2.05, 4.69) is 4.98 Å². The van der Waals surface area contributed by atoms with Crippen LogP contribution in [0.5, 0.6) is 5.75 Å². The van der Waals surface area contributed by atoms with Crippen LogP contribution in [0.25, 0.3) is 0 Å². The molecule has 0 bridgehead atoms. The number of alkyl halides is 5. The monoisotopic (exact) mass is 252 g/mol. The normalized spacial score (nSPS) is 11.6. The van der Waals surface area contributed by atoms with Crippen molar-refractivity contribution in [2.75, 3.05) is 0 Å². The lowest BCUT2D eigenvalue weighted by Crippen LogP contribution is -2.11. The molecule has 1 aromatic heterocycles. The summed E-state index contributed by atoms with van der Waals surface area (Å²) in [7, 11) is 0. The Kier molecular flexibility index (Phi) is 3.50. The van der Waals surface area contributed by atoms with Gasteiger partial charge in [-0.3, -0.25) is 4.98 Å². The van der Waals surface area contributed by atoms with Gasteiger partial charge >= 0.3 is 6.18 Å². The highest BCUT2D eigenvalue weighted by Crippen LogP contribution is 2.38. The Morgan fingerprint density at radius 2 is 2.00 bits per heavy atom. The van der Waals surface area contributed by atoms with E-state index < -0.39 is 41.6 Å². The third-order valence-electron chi connectivity index (χ3n) is 1.95. The first-order chi connectivity index (χ1) is 7.79. The van der Waals surface area contributed by atoms with Gasteiger partial charge in [0.25, 0.3) is 6.43 Å². The van der Waals surface area contributed by atoms with Gasteiger partial charge in [-0.15, -0.1) is 0 Å². The molecular formula is C9H5F5N2O. The molecule has 3 nitrogen and oxygen atoms in total. The van der Waals surface area contributed by atoms with E-state index >= 15 is 0 Å². The molecule has 0 aliphatic heterocycles. The highest BCUT2D eigenvalue weighted by molar-refractivity contribution is 5.44. The van der Waals surface area contributed by atoms with Crippen LogP contribution < -0.4 is 0 Å². The Bertz CT molecular complexity index is 464. The van der Waals surface area contributed by atoms with Crippen molar-refractivity contribution in [2.24, 2.45) is 0 Å². The summed E-state index contributed by atoms with van der Waals surface area (Å²) in [5.74, 6) is -1.28. The van der Waals surface area contributed by atoms with Crippen LogP contribution in [0.3, 0.4) is 0 Å². The van der Waals surface area contributed by atoms with Crippen molar-refractivity contribution in [3.8, 4) is 11.8 Å². The molecule has 1 rings (SSSR count). The Labute approximate surface area is 92.1 Å². The van der Waals surface area contributed by atoms with Crippen molar-refractivity contribution in [2.45, 2.75) is 19.0 Å². The van der Waals surface area contributed by atoms with E-state index in [4.69, 9.17) is 5.26 Å². The topological polar surface area (TPSA) is 56.9 Å². The molecule has 0 unspecified atom stereocenters. The number of hydrogen-bond acceptors (Lipinski definition) is 3. The summed E-state index contributed by atoms with van der Waals surface area (Å²) >= 11 is 0. The summed E-state index contributed by atoms with van der Waals surface area (Å²) in [4.78, 5) is 2.86. The molecule has 0 spiro atoms. The molecule has 17 heavy (non-hydrogen) atoms. The summed E-state index contributed by atoms with van der Waals surface area (Å²) < 4.78 is 61.9. The minimum atomic E-state index is -4.86. The maximum absolute atomic E-state index is 12.4. The zero-order valence-electron chi connectivity index (χ0n) is 8.09. The van der Waals surface area contributed by atoms with Gasteiger partial charge in [-0.2, -0.15) is 18.4 Å². The van der Waals surface area contributed by atoms with E-state index in [-0.39, 0.29) is 6.20 Å². The van der Waals surface area contributed by atoms with Crippen molar-refractivity contribution in [3.63, 3.8) is 0 Å². The zero-order valence-corrected chi connectivity index (χ0v) is 8.09. The molecule has 0 amide bonds. The first kappa shape index (κ1) is 13.2.